The highest BCUT2D eigenvalue weighted by Gasteiger charge is 2.28. The molecule has 0 amide bonds. The number of hydrogen-bond donors (Lipinski definition) is 2. The number of aliphatic carboxylic acids is 1. The molecule has 0 saturated heterocycles. The Labute approximate surface area is 90.9 Å². The maximum atomic E-state index is 11.4. The van der Waals surface area contributed by atoms with Crippen LogP contribution in [0.1, 0.15) is 33.6 Å². The first-order chi connectivity index (χ1) is 6.71. The van der Waals surface area contributed by atoms with Crippen LogP contribution < -0.4 is 4.72 Å². The Morgan fingerprint density at radius 1 is 1.40 bits per heavy atom. The van der Waals surface area contributed by atoms with E-state index in [9.17, 15) is 13.2 Å². The monoisotopic (exact) mass is 237 g/mol. The van der Waals surface area contributed by atoms with Crippen LogP contribution in [0.15, 0.2) is 0 Å². The molecule has 0 heterocycles. The third-order valence-corrected chi connectivity index (χ3v) is 3.49. The molecule has 0 aromatic rings. The second-order valence-electron chi connectivity index (χ2n) is 4.18. The topological polar surface area (TPSA) is 83.5 Å². The van der Waals surface area contributed by atoms with Gasteiger partial charge in [-0.25, -0.2) is 13.1 Å². The molecule has 0 radical (unpaired) electrons. The molecule has 0 spiro atoms. The van der Waals surface area contributed by atoms with E-state index in [-0.39, 0.29) is 12.3 Å². The summed E-state index contributed by atoms with van der Waals surface area (Å²) in [7, 11) is -3.32. The summed E-state index contributed by atoms with van der Waals surface area (Å²) in [5.41, 5.74) is -1.07. The first kappa shape index (κ1) is 14.4. The van der Waals surface area contributed by atoms with Crippen molar-refractivity contribution in [2.45, 2.75) is 33.6 Å². The first-order valence-electron chi connectivity index (χ1n) is 4.92. The normalized spacial score (nSPS) is 12.7. The highest BCUT2D eigenvalue weighted by atomic mass is 32.2. The quantitative estimate of drug-likeness (QED) is 0.686. The van der Waals surface area contributed by atoms with Crippen molar-refractivity contribution in [3.8, 4) is 0 Å². The molecular formula is C9H19NO4S. The minimum absolute atomic E-state index is 0.0548. The number of unbranched alkanes of at least 4 members (excludes halogenated alkanes) is 1. The summed E-state index contributed by atoms with van der Waals surface area (Å²) in [5, 5.41) is 8.78. The molecule has 0 unspecified atom stereocenters. The summed E-state index contributed by atoms with van der Waals surface area (Å²) in [6.07, 6.45) is 1.38. The lowest BCUT2D eigenvalue weighted by Gasteiger charge is -2.19. The number of sulfonamides is 1. The van der Waals surface area contributed by atoms with Crippen LogP contribution in [-0.4, -0.2) is 31.8 Å². The first-order valence-corrected chi connectivity index (χ1v) is 6.57. The van der Waals surface area contributed by atoms with E-state index >= 15 is 0 Å². The molecular weight excluding hydrogens is 218 g/mol. The van der Waals surface area contributed by atoms with Crippen LogP contribution in [-0.2, 0) is 14.8 Å². The fraction of sp³-hybridized carbons (Fsp3) is 0.889. The van der Waals surface area contributed by atoms with Crippen molar-refractivity contribution in [2.24, 2.45) is 5.41 Å². The van der Waals surface area contributed by atoms with Gasteiger partial charge < -0.3 is 5.11 Å². The summed E-state index contributed by atoms with van der Waals surface area (Å²) in [4.78, 5) is 10.7. The third-order valence-electron chi connectivity index (χ3n) is 2.08. The predicted octanol–water partition coefficient (Wildman–Crippen LogP) is 0.817. The molecule has 2 N–H and O–H groups in total. The molecule has 0 aliphatic rings. The van der Waals surface area contributed by atoms with Crippen LogP contribution >= 0.6 is 0 Å². The van der Waals surface area contributed by atoms with Crippen molar-refractivity contribution in [3.05, 3.63) is 0 Å². The number of nitrogens with one attached hydrogen (secondary N) is 1. The zero-order chi connectivity index (χ0) is 12.1. The number of carboxylic acids is 1. The minimum Gasteiger partial charge on any atom is -0.481 e. The van der Waals surface area contributed by atoms with E-state index in [4.69, 9.17) is 5.11 Å². The molecule has 5 nitrogen and oxygen atoms in total. The number of carbonyl (C=O) groups is 1. The van der Waals surface area contributed by atoms with Gasteiger partial charge in [0.05, 0.1) is 11.2 Å². The lowest BCUT2D eigenvalue weighted by Crippen LogP contribution is -2.39. The molecule has 0 rings (SSSR count). The fourth-order valence-corrected chi connectivity index (χ4v) is 2.17. The molecule has 0 aliphatic carbocycles. The van der Waals surface area contributed by atoms with Gasteiger partial charge in [-0.15, -0.1) is 0 Å². The number of rotatable bonds is 7. The maximum Gasteiger partial charge on any atom is 0.310 e. The lowest BCUT2D eigenvalue weighted by atomic mass is 9.95. The Bertz CT molecular complexity index is 308. The molecule has 0 bridgehead atoms. The van der Waals surface area contributed by atoms with Crippen molar-refractivity contribution in [2.75, 3.05) is 12.3 Å². The van der Waals surface area contributed by atoms with Crippen LogP contribution in [0.2, 0.25) is 0 Å². The third kappa shape index (κ3) is 5.74. The summed E-state index contributed by atoms with van der Waals surface area (Å²) >= 11 is 0. The molecule has 0 aromatic carbocycles. The molecule has 0 fully saturated rings. The molecule has 0 aliphatic heterocycles. The highest BCUT2D eigenvalue weighted by Crippen LogP contribution is 2.13. The van der Waals surface area contributed by atoms with E-state index in [0.717, 1.165) is 6.42 Å². The van der Waals surface area contributed by atoms with Crippen LogP contribution in [0, 0.1) is 5.41 Å². The van der Waals surface area contributed by atoms with Gasteiger partial charge >= 0.3 is 5.97 Å². The minimum atomic E-state index is -3.32. The molecule has 15 heavy (non-hydrogen) atoms. The zero-order valence-electron chi connectivity index (χ0n) is 9.41. The van der Waals surface area contributed by atoms with Gasteiger partial charge in [0, 0.05) is 6.54 Å². The Kier molecular flexibility index (Phi) is 5.23. The highest BCUT2D eigenvalue weighted by molar-refractivity contribution is 7.89. The Morgan fingerprint density at radius 2 is 1.93 bits per heavy atom. The van der Waals surface area contributed by atoms with Gasteiger partial charge in [0.2, 0.25) is 10.0 Å². The van der Waals surface area contributed by atoms with E-state index in [1.54, 1.807) is 0 Å². The zero-order valence-corrected chi connectivity index (χ0v) is 10.2. The molecule has 0 aromatic heterocycles. The predicted molar refractivity (Wildman–Crippen MR) is 58.1 cm³/mol. The smallest absolute Gasteiger partial charge is 0.310 e. The standard InChI is InChI=1S/C9H19NO4S/c1-4-5-6-15(13,14)10-7-9(2,3)8(11)12/h10H,4-7H2,1-3H3,(H,11,12). The molecule has 6 heteroatoms. The number of carboxylic acid groups (broad SMARTS) is 1. The molecule has 0 atom stereocenters. The summed E-state index contributed by atoms with van der Waals surface area (Å²) in [5.74, 6) is -0.958. The second kappa shape index (κ2) is 5.46. The fourth-order valence-electron chi connectivity index (χ4n) is 0.773. The maximum absolute atomic E-state index is 11.4. The van der Waals surface area contributed by atoms with Crippen molar-refractivity contribution in [3.63, 3.8) is 0 Å². The van der Waals surface area contributed by atoms with Crippen LogP contribution in [0.3, 0.4) is 0 Å². The van der Waals surface area contributed by atoms with Crippen molar-refractivity contribution < 1.29 is 18.3 Å². The number of hydrogen-bond acceptors (Lipinski definition) is 3. The molecule has 90 valence electrons. The van der Waals surface area contributed by atoms with Gasteiger partial charge in [0.1, 0.15) is 0 Å². The van der Waals surface area contributed by atoms with Gasteiger partial charge in [-0.05, 0) is 20.3 Å². The van der Waals surface area contributed by atoms with Gasteiger partial charge in [-0.2, -0.15) is 0 Å². The summed E-state index contributed by atoms with van der Waals surface area (Å²) < 4.78 is 25.0. The van der Waals surface area contributed by atoms with E-state index in [1.165, 1.54) is 13.8 Å². The van der Waals surface area contributed by atoms with Crippen molar-refractivity contribution >= 4 is 16.0 Å². The SMILES string of the molecule is CCCCS(=O)(=O)NCC(C)(C)C(=O)O. The van der Waals surface area contributed by atoms with Gasteiger partial charge in [-0.3, -0.25) is 4.79 Å². The summed E-state index contributed by atoms with van der Waals surface area (Å²) in [6, 6.07) is 0. The van der Waals surface area contributed by atoms with E-state index in [1.807, 2.05) is 6.92 Å². The average molecular weight is 237 g/mol. The lowest BCUT2D eigenvalue weighted by molar-refractivity contribution is -0.146. The Morgan fingerprint density at radius 3 is 2.33 bits per heavy atom. The van der Waals surface area contributed by atoms with Crippen LogP contribution in [0.4, 0.5) is 0 Å². The van der Waals surface area contributed by atoms with Crippen LogP contribution in [0.25, 0.3) is 0 Å². The second-order valence-corrected chi connectivity index (χ2v) is 6.11. The van der Waals surface area contributed by atoms with E-state index in [2.05, 4.69) is 4.72 Å². The Balaban J connectivity index is 4.21. The average Bonchev–Trinajstić information content (AvgIpc) is 2.12. The van der Waals surface area contributed by atoms with Crippen molar-refractivity contribution in [1.82, 2.24) is 4.72 Å². The van der Waals surface area contributed by atoms with Crippen LogP contribution in [0.5, 0.6) is 0 Å². The van der Waals surface area contributed by atoms with Gasteiger partial charge in [-0.1, -0.05) is 13.3 Å². The van der Waals surface area contributed by atoms with Crippen molar-refractivity contribution in [1.29, 1.82) is 0 Å². The Hall–Kier alpha value is -0.620. The summed E-state index contributed by atoms with van der Waals surface area (Å²) in [6.45, 7) is 4.79. The largest absolute Gasteiger partial charge is 0.481 e. The molecule has 0 saturated carbocycles. The van der Waals surface area contributed by atoms with E-state index in [0.29, 0.717) is 6.42 Å². The van der Waals surface area contributed by atoms with Gasteiger partial charge in [0.25, 0.3) is 0 Å². The van der Waals surface area contributed by atoms with E-state index < -0.39 is 21.4 Å². The van der Waals surface area contributed by atoms with Gasteiger partial charge in [0.15, 0.2) is 0 Å².